The standard InChI is InChI=1S/C20H38N2O2/c1-15-7-6-8-18(13-14-21(4)5)22(15)19(23)16-9-11-17(12-10-16)20(2,3)24/h15-18,24H,6-14H2,1-5H3. The van der Waals surface area contributed by atoms with Crippen LogP contribution in [0.15, 0.2) is 0 Å². The van der Waals surface area contributed by atoms with Gasteiger partial charge in [0.05, 0.1) is 5.60 Å². The number of rotatable bonds is 5. The van der Waals surface area contributed by atoms with Crippen molar-refractivity contribution in [2.24, 2.45) is 11.8 Å². The van der Waals surface area contributed by atoms with Gasteiger partial charge in [0.15, 0.2) is 0 Å². The van der Waals surface area contributed by atoms with E-state index in [-0.39, 0.29) is 5.92 Å². The van der Waals surface area contributed by atoms with Crippen LogP contribution < -0.4 is 0 Å². The van der Waals surface area contributed by atoms with Crippen LogP contribution in [0.1, 0.15) is 72.1 Å². The zero-order valence-corrected chi connectivity index (χ0v) is 16.4. The number of hydrogen-bond donors (Lipinski definition) is 1. The topological polar surface area (TPSA) is 43.8 Å². The molecule has 0 spiro atoms. The molecule has 1 saturated heterocycles. The summed E-state index contributed by atoms with van der Waals surface area (Å²) in [5, 5.41) is 10.2. The number of hydrogen-bond acceptors (Lipinski definition) is 3. The molecule has 1 amide bonds. The van der Waals surface area contributed by atoms with Gasteiger partial charge in [0.1, 0.15) is 0 Å². The lowest BCUT2D eigenvalue weighted by Crippen LogP contribution is -2.52. The van der Waals surface area contributed by atoms with Crippen LogP contribution >= 0.6 is 0 Å². The van der Waals surface area contributed by atoms with Crippen molar-refractivity contribution in [3.63, 3.8) is 0 Å². The molecule has 4 nitrogen and oxygen atoms in total. The van der Waals surface area contributed by atoms with Crippen LogP contribution in [0.3, 0.4) is 0 Å². The van der Waals surface area contributed by atoms with Gasteiger partial charge >= 0.3 is 0 Å². The Hall–Kier alpha value is -0.610. The van der Waals surface area contributed by atoms with Crippen molar-refractivity contribution in [2.75, 3.05) is 20.6 Å². The highest BCUT2D eigenvalue weighted by Crippen LogP contribution is 2.37. The summed E-state index contributed by atoms with van der Waals surface area (Å²) < 4.78 is 0. The molecule has 2 fully saturated rings. The number of amides is 1. The Morgan fingerprint density at radius 2 is 1.75 bits per heavy atom. The van der Waals surface area contributed by atoms with Gasteiger partial charge in [0.2, 0.25) is 5.91 Å². The Bertz CT molecular complexity index is 408. The van der Waals surface area contributed by atoms with Crippen molar-refractivity contribution in [1.82, 2.24) is 9.80 Å². The van der Waals surface area contributed by atoms with E-state index in [0.717, 1.165) is 51.5 Å². The molecular formula is C20H38N2O2. The second kappa shape index (κ2) is 8.18. The lowest BCUT2D eigenvalue weighted by Gasteiger charge is -2.44. The van der Waals surface area contributed by atoms with Crippen LogP contribution in [0.4, 0.5) is 0 Å². The molecule has 0 aromatic carbocycles. The third kappa shape index (κ3) is 4.95. The van der Waals surface area contributed by atoms with Gasteiger partial charge in [-0.1, -0.05) is 0 Å². The van der Waals surface area contributed by atoms with Crippen LogP contribution in [-0.2, 0) is 4.79 Å². The zero-order chi connectivity index (χ0) is 17.9. The fourth-order valence-electron chi connectivity index (χ4n) is 4.63. The molecule has 1 aliphatic heterocycles. The average molecular weight is 339 g/mol. The largest absolute Gasteiger partial charge is 0.390 e. The van der Waals surface area contributed by atoms with E-state index >= 15 is 0 Å². The Morgan fingerprint density at radius 3 is 2.29 bits per heavy atom. The van der Waals surface area contributed by atoms with Gasteiger partial charge in [0.25, 0.3) is 0 Å². The minimum atomic E-state index is -0.610. The minimum absolute atomic E-state index is 0.172. The molecular weight excluding hydrogens is 300 g/mol. The maximum Gasteiger partial charge on any atom is 0.226 e. The summed E-state index contributed by atoms with van der Waals surface area (Å²) in [6, 6.07) is 0.793. The van der Waals surface area contributed by atoms with Crippen molar-refractivity contribution >= 4 is 5.91 Å². The van der Waals surface area contributed by atoms with E-state index in [4.69, 9.17) is 0 Å². The van der Waals surface area contributed by atoms with E-state index in [9.17, 15) is 9.90 Å². The van der Waals surface area contributed by atoms with Crippen LogP contribution in [0.25, 0.3) is 0 Å². The summed E-state index contributed by atoms with van der Waals surface area (Å²) in [6.45, 7) is 7.09. The lowest BCUT2D eigenvalue weighted by atomic mass is 9.74. The van der Waals surface area contributed by atoms with Crippen molar-refractivity contribution in [3.8, 4) is 0 Å². The fraction of sp³-hybridized carbons (Fsp3) is 0.950. The smallest absolute Gasteiger partial charge is 0.226 e. The van der Waals surface area contributed by atoms with Crippen LogP contribution in [0.2, 0.25) is 0 Å². The van der Waals surface area contributed by atoms with E-state index in [1.807, 2.05) is 13.8 Å². The van der Waals surface area contributed by atoms with Crippen LogP contribution in [-0.4, -0.2) is 59.1 Å². The summed E-state index contributed by atoms with van der Waals surface area (Å²) >= 11 is 0. The molecule has 0 bridgehead atoms. The van der Waals surface area contributed by atoms with Gasteiger partial charge in [0, 0.05) is 18.0 Å². The highest BCUT2D eigenvalue weighted by atomic mass is 16.3. The highest BCUT2D eigenvalue weighted by Gasteiger charge is 2.39. The summed E-state index contributed by atoms with van der Waals surface area (Å²) in [6.07, 6.45) is 8.46. The van der Waals surface area contributed by atoms with E-state index in [1.54, 1.807) is 0 Å². The van der Waals surface area contributed by atoms with Crippen molar-refractivity contribution < 1.29 is 9.90 Å². The predicted octanol–water partition coefficient (Wildman–Crippen LogP) is 3.29. The molecule has 1 saturated carbocycles. The summed E-state index contributed by atoms with van der Waals surface area (Å²) in [5.74, 6) is 0.899. The lowest BCUT2D eigenvalue weighted by molar-refractivity contribution is -0.144. The van der Waals surface area contributed by atoms with Gasteiger partial charge in [-0.2, -0.15) is 0 Å². The van der Waals surface area contributed by atoms with Crippen LogP contribution in [0.5, 0.6) is 0 Å². The number of nitrogens with zero attached hydrogens (tertiary/aromatic N) is 2. The van der Waals surface area contributed by atoms with E-state index in [0.29, 0.717) is 23.9 Å². The average Bonchev–Trinajstić information content (AvgIpc) is 2.51. The third-order valence-corrected chi connectivity index (χ3v) is 6.27. The second-order valence-electron chi connectivity index (χ2n) is 8.97. The Kier molecular flexibility index (Phi) is 6.72. The number of likely N-dealkylation sites (tertiary alicyclic amines) is 1. The number of piperidine rings is 1. The summed E-state index contributed by atoms with van der Waals surface area (Å²) in [4.78, 5) is 17.7. The fourth-order valence-corrected chi connectivity index (χ4v) is 4.63. The first-order valence-corrected chi connectivity index (χ1v) is 9.89. The molecule has 0 aromatic heterocycles. The van der Waals surface area contributed by atoms with Gasteiger partial charge in [-0.3, -0.25) is 4.79 Å². The molecule has 2 aliphatic rings. The number of aliphatic hydroxyl groups is 1. The molecule has 1 N–H and O–H groups in total. The van der Waals surface area contributed by atoms with Crippen molar-refractivity contribution in [3.05, 3.63) is 0 Å². The first kappa shape index (κ1) is 19.7. The molecule has 2 atom stereocenters. The van der Waals surface area contributed by atoms with E-state index < -0.39 is 5.60 Å². The molecule has 2 rings (SSSR count). The second-order valence-corrected chi connectivity index (χ2v) is 8.97. The maximum atomic E-state index is 13.2. The molecule has 4 heteroatoms. The minimum Gasteiger partial charge on any atom is -0.390 e. The summed E-state index contributed by atoms with van der Waals surface area (Å²) in [7, 11) is 4.21. The molecule has 0 radical (unpaired) electrons. The molecule has 24 heavy (non-hydrogen) atoms. The van der Waals surface area contributed by atoms with Crippen LogP contribution in [0, 0.1) is 11.8 Å². The molecule has 1 heterocycles. The van der Waals surface area contributed by atoms with Crippen molar-refractivity contribution in [2.45, 2.75) is 89.8 Å². The van der Waals surface area contributed by atoms with Gasteiger partial charge < -0.3 is 14.9 Å². The van der Waals surface area contributed by atoms with Crippen molar-refractivity contribution in [1.29, 1.82) is 0 Å². The number of carbonyl (C=O) groups excluding carboxylic acids is 1. The Labute approximate surface area is 148 Å². The maximum absolute atomic E-state index is 13.2. The quantitative estimate of drug-likeness (QED) is 0.836. The first-order chi connectivity index (χ1) is 11.2. The molecule has 2 unspecified atom stereocenters. The van der Waals surface area contributed by atoms with Gasteiger partial charge in [-0.25, -0.2) is 0 Å². The third-order valence-electron chi connectivity index (χ3n) is 6.27. The monoisotopic (exact) mass is 338 g/mol. The molecule has 0 aromatic rings. The normalized spacial score (nSPS) is 32.2. The first-order valence-electron chi connectivity index (χ1n) is 9.89. The summed E-state index contributed by atoms with van der Waals surface area (Å²) in [5.41, 5.74) is -0.610. The number of carbonyl (C=O) groups is 1. The molecule has 140 valence electrons. The zero-order valence-electron chi connectivity index (χ0n) is 16.4. The van der Waals surface area contributed by atoms with Gasteiger partial charge in [-0.05, 0) is 98.7 Å². The molecule has 1 aliphatic carbocycles. The van der Waals surface area contributed by atoms with E-state index in [1.165, 1.54) is 6.42 Å². The van der Waals surface area contributed by atoms with Gasteiger partial charge in [-0.15, -0.1) is 0 Å². The Morgan fingerprint density at radius 1 is 1.12 bits per heavy atom. The SMILES string of the molecule is CC1CCCC(CCN(C)C)N1C(=O)C1CCC(C(C)(C)O)CC1. The predicted molar refractivity (Wildman–Crippen MR) is 98.9 cm³/mol. The van der Waals surface area contributed by atoms with E-state index in [2.05, 4.69) is 30.8 Å². The Balaban J connectivity index is 1.98. The highest BCUT2D eigenvalue weighted by molar-refractivity contribution is 5.79.